The van der Waals surface area contributed by atoms with Crippen molar-refractivity contribution in [3.05, 3.63) is 60.2 Å². The molecule has 0 unspecified atom stereocenters. The van der Waals surface area contributed by atoms with Crippen molar-refractivity contribution in [2.45, 2.75) is 77.5 Å². The molecule has 2 saturated heterocycles. The Kier molecular flexibility index (Phi) is 10.3. The zero-order chi connectivity index (χ0) is 40.1. The maximum atomic E-state index is 13.7. The van der Waals surface area contributed by atoms with Gasteiger partial charge in [0.05, 0.1) is 53.1 Å². The third kappa shape index (κ3) is 7.02. The molecule has 5 heterocycles. The van der Waals surface area contributed by atoms with Gasteiger partial charge in [0.2, 0.25) is 11.8 Å². The number of thiophene rings is 1. The normalized spacial score (nSPS) is 18.3. The van der Waals surface area contributed by atoms with E-state index in [2.05, 4.69) is 57.0 Å². The topological polar surface area (TPSA) is 175 Å². The molecule has 0 saturated carbocycles. The predicted octanol–water partition coefficient (Wildman–Crippen LogP) is 7.56. The Labute approximate surface area is 333 Å². The van der Waals surface area contributed by atoms with Crippen molar-refractivity contribution in [1.82, 2.24) is 40.4 Å². The lowest BCUT2D eigenvalue weighted by Gasteiger charge is -2.29. The Hall–Kier alpha value is -5.70. The zero-order valence-corrected chi connectivity index (χ0v) is 33.8. The monoisotopic (exact) mass is 792 g/mol. The van der Waals surface area contributed by atoms with Gasteiger partial charge in [-0.25, -0.2) is 19.6 Å². The molecule has 0 spiro atoms. The molecule has 3 aromatic carbocycles. The van der Waals surface area contributed by atoms with E-state index in [1.54, 1.807) is 11.3 Å². The lowest BCUT2D eigenvalue weighted by Crippen LogP contribution is -2.51. The van der Waals surface area contributed by atoms with Crippen LogP contribution in [0.5, 0.6) is 0 Å². The summed E-state index contributed by atoms with van der Waals surface area (Å²) in [5, 5.41) is 8.65. The van der Waals surface area contributed by atoms with Gasteiger partial charge < -0.3 is 39.9 Å². The molecule has 3 aromatic heterocycles. The fraction of sp³-hybridized carbons (Fsp3) is 0.429. The van der Waals surface area contributed by atoms with Crippen molar-refractivity contribution in [2.24, 2.45) is 11.8 Å². The second-order valence-electron chi connectivity index (χ2n) is 15.7. The molecule has 57 heavy (non-hydrogen) atoms. The molecule has 4 atom stereocenters. The third-order valence-corrected chi connectivity index (χ3v) is 12.6. The second kappa shape index (κ2) is 15.3. The number of rotatable bonds is 9. The number of benzene rings is 3. The quantitative estimate of drug-likeness (QED) is 0.116. The number of aromatic amines is 2. The number of hydrogen-bond acceptors (Lipinski definition) is 9. The molecule has 2 fully saturated rings. The number of nitrogens with zero attached hydrogens (tertiary/aromatic N) is 4. The number of amides is 4. The molecule has 14 nitrogen and oxygen atoms in total. The highest BCUT2D eigenvalue weighted by Gasteiger charge is 2.39. The Morgan fingerprint density at radius 3 is 1.79 bits per heavy atom. The first-order valence-electron chi connectivity index (χ1n) is 19.6. The number of H-pyrrole nitrogens is 2. The average molecular weight is 793 g/mol. The molecule has 4 amide bonds. The summed E-state index contributed by atoms with van der Waals surface area (Å²) in [6.45, 7) is 8.81. The zero-order valence-electron chi connectivity index (χ0n) is 33.0. The smallest absolute Gasteiger partial charge is 0.407 e. The molecular weight excluding hydrogens is 745 g/mol. The van der Waals surface area contributed by atoms with Gasteiger partial charge in [-0.2, -0.15) is 0 Å². The Balaban J connectivity index is 1.06. The van der Waals surface area contributed by atoms with Crippen molar-refractivity contribution in [2.75, 3.05) is 27.3 Å². The summed E-state index contributed by atoms with van der Waals surface area (Å²) < 4.78 is 10.7. The van der Waals surface area contributed by atoms with Gasteiger partial charge in [0.25, 0.3) is 0 Å². The molecule has 2 aliphatic heterocycles. The lowest BCUT2D eigenvalue weighted by molar-refractivity contribution is -0.136. The number of nitrogens with one attached hydrogen (secondary N) is 4. The molecule has 15 heteroatoms. The molecule has 0 bridgehead atoms. The number of methoxy groups -OCH3 is 2. The van der Waals surface area contributed by atoms with Gasteiger partial charge in [0.15, 0.2) is 0 Å². The fourth-order valence-corrected chi connectivity index (χ4v) is 9.57. The number of carbonyl (C=O) groups excluding carboxylic acids is 4. The van der Waals surface area contributed by atoms with Crippen LogP contribution in [0, 0.1) is 11.8 Å². The van der Waals surface area contributed by atoms with Gasteiger partial charge in [-0.3, -0.25) is 9.59 Å². The van der Waals surface area contributed by atoms with Gasteiger partial charge in [-0.05, 0) is 78.1 Å². The molecule has 298 valence electrons. The lowest BCUT2D eigenvalue weighted by atomic mass is 10.0. The van der Waals surface area contributed by atoms with Gasteiger partial charge >= 0.3 is 12.2 Å². The van der Waals surface area contributed by atoms with Crippen LogP contribution in [0.1, 0.15) is 77.1 Å². The minimum absolute atomic E-state index is 0.113. The summed E-state index contributed by atoms with van der Waals surface area (Å²) in [6, 6.07) is 15.0. The number of fused-ring (bicyclic) bond motifs is 6. The standard InChI is InChI=1S/C42H48N8O6S/c1-21(2)32(47-41(53)55-5)39(51)49-17-7-9-29(49)37-43-27-15-12-23-19-24(11-14-26(23)34(27)45-37)31-20-25-13-16-28-35(36(25)57-31)46-38(44-28)30-10-8-18-50(30)40(52)33(22(3)4)48-42(54)56-6/h11-16,19-22,29-30,32-33H,7-10,17-18H2,1-6H3,(H,43,45)(H,44,46)(H,47,53)(H,48,54)/t29-,30-,32-,33-/m0/s1. The summed E-state index contributed by atoms with van der Waals surface area (Å²) in [4.78, 5) is 73.4. The average Bonchev–Trinajstić information content (AvgIpc) is 4.05. The van der Waals surface area contributed by atoms with E-state index in [-0.39, 0.29) is 35.7 Å². The summed E-state index contributed by atoms with van der Waals surface area (Å²) >= 11 is 1.70. The number of hydrogen-bond donors (Lipinski definition) is 4. The van der Waals surface area contributed by atoms with E-state index < -0.39 is 24.3 Å². The molecule has 4 N–H and O–H groups in total. The van der Waals surface area contributed by atoms with E-state index >= 15 is 0 Å². The van der Waals surface area contributed by atoms with Crippen LogP contribution in [0.25, 0.3) is 53.4 Å². The highest BCUT2D eigenvalue weighted by molar-refractivity contribution is 7.23. The first-order valence-corrected chi connectivity index (χ1v) is 20.4. The maximum Gasteiger partial charge on any atom is 0.407 e. The Bertz CT molecular complexity index is 2520. The van der Waals surface area contributed by atoms with Crippen molar-refractivity contribution in [3.8, 4) is 10.4 Å². The van der Waals surface area contributed by atoms with Gasteiger partial charge in [0, 0.05) is 23.4 Å². The van der Waals surface area contributed by atoms with Crippen LogP contribution < -0.4 is 10.6 Å². The van der Waals surface area contributed by atoms with Crippen LogP contribution in [0.15, 0.2) is 48.5 Å². The number of carbonyl (C=O) groups is 4. The van der Waals surface area contributed by atoms with E-state index in [1.807, 2.05) is 49.6 Å². The SMILES string of the molecule is COC(=O)N[C@H](C(=O)N1CCC[C@H]1c1nc2ccc3cc(-c4cc5ccc6nc([C@@H]7CCCN7C(=O)[C@@H](NC(=O)OC)C(C)C)[nH]c6c5s4)ccc3c2[nH]1)C(C)C. The largest absolute Gasteiger partial charge is 0.453 e. The van der Waals surface area contributed by atoms with Crippen LogP contribution in [0.4, 0.5) is 9.59 Å². The van der Waals surface area contributed by atoms with Crippen LogP contribution in [-0.4, -0.2) is 93.1 Å². The molecular formula is C42H48N8O6S. The van der Waals surface area contributed by atoms with Crippen molar-refractivity contribution in [3.63, 3.8) is 0 Å². The molecule has 6 aromatic rings. The van der Waals surface area contributed by atoms with Crippen LogP contribution in [0.3, 0.4) is 0 Å². The van der Waals surface area contributed by atoms with Crippen LogP contribution in [0.2, 0.25) is 0 Å². The first-order chi connectivity index (χ1) is 27.4. The van der Waals surface area contributed by atoms with Crippen LogP contribution >= 0.6 is 11.3 Å². The minimum Gasteiger partial charge on any atom is -0.453 e. The Morgan fingerprint density at radius 2 is 1.25 bits per heavy atom. The first kappa shape index (κ1) is 38.2. The van der Waals surface area contributed by atoms with E-state index in [0.29, 0.717) is 13.1 Å². The number of ether oxygens (including phenoxy) is 2. The Morgan fingerprint density at radius 1 is 0.719 bits per heavy atom. The summed E-state index contributed by atoms with van der Waals surface area (Å²) in [6.07, 6.45) is 1.99. The summed E-state index contributed by atoms with van der Waals surface area (Å²) in [5.74, 6) is 0.983. The highest BCUT2D eigenvalue weighted by Crippen LogP contribution is 2.41. The van der Waals surface area contributed by atoms with Crippen molar-refractivity contribution in [1.29, 1.82) is 0 Å². The van der Waals surface area contributed by atoms with E-state index in [0.717, 1.165) is 90.7 Å². The number of imidazole rings is 2. The molecule has 0 aliphatic carbocycles. The number of likely N-dealkylation sites (tertiary alicyclic amines) is 2. The van der Waals surface area contributed by atoms with Gasteiger partial charge in [-0.15, -0.1) is 11.3 Å². The third-order valence-electron chi connectivity index (χ3n) is 11.4. The molecule has 8 rings (SSSR count). The summed E-state index contributed by atoms with van der Waals surface area (Å²) in [7, 11) is 2.59. The van der Waals surface area contributed by atoms with Gasteiger partial charge in [0.1, 0.15) is 23.7 Å². The van der Waals surface area contributed by atoms with Crippen molar-refractivity contribution < 1.29 is 28.7 Å². The summed E-state index contributed by atoms with van der Waals surface area (Å²) in [5.41, 5.74) is 4.63. The van der Waals surface area contributed by atoms with Gasteiger partial charge in [-0.1, -0.05) is 52.0 Å². The predicted molar refractivity (Wildman–Crippen MR) is 220 cm³/mol. The second-order valence-corrected chi connectivity index (χ2v) is 16.8. The van der Waals surface area contributed by atoms with Crippen molar-refractivity contribution >= 4 is 78.3 Å². The molecule has 0 radical (unpaired) electrons. The molecule has 2 aliphatic rings. The highest BCUT2D eigenvalue weighted by atomic mass is 32.1. The number of alkyl carbamates (subject to hydrolysis) is 2. The van der Waals surface area contributed by atoms with E-state index in [1.165, 1.54) is 14.2 Å². The fourth-order valence-electron chi connectivity index (χ4n) is 8.42. The van der Waals surface area contributed by atoms with Crippen LogP contribution in [-0.2, 0) is 19.1 Å². The number of aromatic nitrogens is 4. The van der Waals surface area contributed by atoms with E-state index in [9.17, 15) is 19.2 Å². The minimum atomic E-state index is -0.698. The maximum absolute atomic E-state index is 13.7. The van der Waals surface area contributed by atoms with E-state index in [4.69, 9.17) is 19.4 Å².